The zero-order valence-electron chi connectivity index (χ0n) is 11.3. The first-order valence-corrected chi connectivity index (χ1v) is 6.12. The van der Waals surface area contributed by atoms with E-state index < -0.39 is 0 Å². The third-order valence-electron chi connectivity index (χ3n) is 4.17. The molecule has 90 valence electrons. The molecule has 1 aliphatic heterocycles. The lowest BCUT2D eigenvalue weighted by Crippen LogP contribution is -2.50. The van der Waals surface area contributed by atoms with Crippen molar-refractivity contribution in [2.45, 2.75) is 53.5 Å². The van der Waals surface area contributed by atoms with Gasteiger partial charge >= 0.3 is 0 Å². The Bertz CT molecular complexity index is 367. The number of fused-ring (bicyclic) bond motifs is 1. The van der Waals surface area contributed by atoms with Crippen LogP contribution in [0.15, 0.2) is 11.6 Å². The largest absolute Gasteiger partial charge is 0.346 e. The molecule has 1 saturated carbocycles. The van der Waals surface area contributed by atoms with E-state index in [-0.39, 0.29) is 22.3 Å². The molecule has 2 nitrogen and oxygen atoms in total. The molecule has 2 aliphatic rings. The summed E-state index contributed by atoms with van der Waals surface area (Å²) in [5.74, 6) is 0.638. The van der Waals surface area contributed by atoms with Gasteiger partial charge in [0.2, 0.25) is 5.91 Å². The summed E-state index contributed by atoms with van der Waals surface area (Å²) in [4.78, 5) is 11.8. The molecule has 1 fully saturated rings. The van der Waals surface area contributed by atoms with Crippen LogP contribution in [0.4, 0.5) is 0 Å². The number of carbonyl (C=O) groups is 1. The predicted octanol–water partition coefficient (Wildman–Crippen LogP) is 2.89. The minimum absolute atomic E-state index is 0.0153. The van der Waals surface area contributed by atoms with Gasteiger partial charge in [0.1, 0.15) is 0 Å². The van der Waals surface area contributed by atoms with Crippen molar-refractivity contribution in [1.29, 1.82) is 0 Å². The lowest BCUT2D eigenvalue weighted by molar-refractivity contribution is -0.119. The fourth-order valence-corrected chi connectivity index (χ4v) is 3.03. The van der Waals surface area contributed by atoms with Crippen molar-refractivity contribution in [2.24, 2.45) is 16.7 Å². The Morgan fingerprint density at radius 3 is 2.25 bits per heavy atom. The Kier molecular flexibility index (Phi) is 2.12. The monoisotopic (exact) mass is 221 g/mol. The van der Waals surface area contributed by atoms with Crippen molar-refractivity contribution < 1.29 is 4.79 Å². The number of hydrogen-bond donors (Lipinski definition) is 1. The molecular formula is C14H23NO. The Morgan fingerprint density at radius 1 is 1.25 bits per heavy atom. The second-order valence-corrected chi connectivity index (χ2v) is 7.32. The highest BCUT2D eigenvalue weighted by Crippen LogP contribution is 2.62. The van der Waals surface area contributed by atoms with Crippen LogP contribution in [0, 0.1) is 16.7 Å². The van der Waals surface area contributed by atoms with E-state index in [1.807, 2.05) is 6.08 Å². The van der Waals surface area contributed by atoms with Gasteiger partial charge in [0.15, 0.2) is 0 Å². The summed E-state index contributed by atoms with van der Waals surface area (Å²) < 4.78 is 0. The van der Waals surface area contributed by atoms with E-state index in [9.17, 15) is 4.79 Å². The fraction of sp³-hybridized carbons (Fsp3) is 0.786. The lowest BCUT2D eigenvalue weighted by atomic mass is 9.74. The van der Waals surface area contributed by atoms with Gasteiger partial charge in [-0.05, 0) is 17.3 Å². The SMILES string of the molecule is CC(C)(C)C1=CC(=O)NC2(C(C)(C)C)CC12. The molecule has 0 aromatic rings. The van der Waals surface area contributed by atoms with E-state index in [0.29, 0.717) is 5.92 Å². The van der Waals surface area contributed by atoms with Crippen LogP contribution in [0.5, 0.6) is 0 Å². The van der Waals surface area contributed by atoms with Crippen molar-refractivity contribution in [3.05, 3.63) is 11.6 Å². The second-order valence-electron chi connectivity index (χ2n) is 7.32. The number of nitrogens with one attached hydrogen (secondary N) is 1. The molecule has 0 saturated heterocycles. The number of hydrogen-bond acceptors (Lipinski definition) is 1. The quantitative estimate of drug-likeness (QED) is 0.669. The summed E-state index contributed by atoms with van der Waals surface area (Å²) in [6.07, 6.45) is 2.92. The van der Waals surface area contributed by atoms with Crippen LogP contribution in [0.3, 0.4) is 0 Å². The van der Waals surface area contributed by atoms with E-state index in [1.54, 1.807) is 0 Å². The number of amides is 1. The van der Waals surface area contributed by atoms with Gasteiger partial charge in [0.05, 0.1) is 5.54 Å². The predicted molar refractivity (Wildman–Crippen MR) is 66.0 cm³/mol. The van der Waals surface area contributed by atoms with Crippen LogP contribution in [0.2, 0.25) is 0 Å². The van der Waals surface area contributed by atoms with E-state index >= 15 is 0 Å². The molecular weight excluding hydrogens is 198 g/mol. The summed E-state index contributed by atoms with van der Waals surface area (Å²) in [6.45, 7) is 13.3. The molecule has 1 amide bonds. The zero-order valence-corrected chi connectivity index (χ0v) is 11.3. The van der Waals surface area contributed by atoms with Gasteiger partial charge in [0.25, 0.3) is 0 Å². The molecule has 0 radical (unpaired) electrons. The molecule has 2 rings (SSSR count). The fourth-order valence-electron chi connectivity index (χ4n) is 3.03. The third kappa shape index (κ3) is 1.50. The highest BCUT2D eigenvalue weighted by Gasteiger charge is 2.65. The first-order valence-electron chi connectivity index (χ1n) is 6.12. The van der Waals surface area contributed by atoms with Gasteiger partial charge in [-0.3, -0.25) is 4.79 Å². The van der Waals surface area contributed by atoms with Crippen molar-refractivity contribution >= 4 is 5.91 Å². The highest BCUT2D eigenvalue weighted by atomic mass is 16.1. The van der Waals surface area contributed by atoms with Crippen LogP contribution in [0.25, 0.3) is 0 Å². The van der Waals surface area contributed by atoms with Gasteiger partial charge in [0, 0.05) is 12.0 Å². The highest BCUT2D eigenvalue weighted by molar-refractivity contribution is 5.91. The van der Waals surface area contributed by atoms with E-state index in [2.05, 4.69) is 46.9 Å². The van der Waals surface area contributed by atoms with Gasteiger partial charge in [-0.1, -0.05) is 47.1 Å². The van der Waals surface area contributed by atoms with Crippen molar-refractivity contribution in [3.8, 4) is 0 Å². The molecule has 1 aliphatic carbocycles. The van der Waals surface area contributed by atoms with E-state index in [4.69, 9.17) is 0 Å². The molecule has 2 unspecified atom stereocenters. The molecule has 16 heavy (non-hydrogen) atoms. The van der Waals surface area contributed by atoms with E-state index in [1.165, 1.54) is 5.57 Å². The topological polar surface area (TPSA) is 29.1 Å². The first-order chi connectivity index (χ1) is 7.08. The van der Waals surface area contributed by atoms with Crippen LogP contribution in [0.1, 0.15) is 48.0 Å². The van der Waals surface area contributed by atoms with E-state index in [0.717, 1.165) is 6.42 Å². The van der Waals surface area contributed by atoms with Gasteiger partial charge in [-0.25, -0.2) is 0 Å². The van der Waals surface area contributed by atoms with Gasteiger partial charge < -0.3 is 5.32 Å². The Morgan fingerprint density at radius 2 is 1.81 bits per heavy atom. The maximum absolute atomic E-state index is 11.8. The third-order valence-corrected chi connectivity index (χ3v) is 4.17. The van der Waals surface area contributed by atoms with Crippen LogP contribution in [-0.4, -0.2) is 11.4 Å². The molecule has 0 aromatic heterocycles. The summed E-state index contributed by atoms with van der Waals surface area (Å²) in [7, 11) is 0. The minimum atomic E-state index is 0.0153. The van der Waals surface area contributed by atoms with Crippen LogP contribution >= 0.6 is 0 Å². The standard InChI is InChI=1S/C14H23NO/c1-12(2,3)9-7-11(16)15-14(8-10(9)14)13(4,5)6/h7,10H,8H2,1-6H3,(H,15,16). The normalized spacial score (nSPS) is 34.0. The average molecular weight is 221 g/mol. The summed E-state index contributed by atoms with van der Waals surface area (Å²) in [6, 6.07) is 0. The molecule has 0 bridgehead atoms. The number of carbonyl (C=O) groups excluding carboxylic acids is 1. The first kappa shape index (κ1) is 11.7. The molecule has 0 aromatic carbocycles. The molecule has 0 spiro atoms. The van der Waals surface area contributed by atoms with Crippen molar-refractivity contribution in [1.82, 2.24) is 5.32 Å². The second kappa shape index (κ2) is 2.91. The minimum Gasteiger partial charge on any atom is -0.346 e. The molecule has 2 atom stereocenters. The Labute approximate surface area is 98.5 Å². The number of rotatable bonds is 0. The molecule has 1 heterocycles. The van der Waals surface area contributed by atoms with Crippen LogP contribution < -0.4 is 5.32 Å². The molecule has 1 N–H and O–H groups in total. The Balaban J connectivity index is 2.38. The molecule has 2 heteroatoms. The summed E-state index contributed by atoms with van der Waals surface area (Å²) in [5, 5.41) is 3.19. The maximum atomic E-state index is 11.8. The Hall–Kier alpha value is -0.790. The zero-order chi connectivity index (χ0) is 12.4. The average Bonchev–Trinajstić information content (AvgIpc) is 2.74. The van der Waals surface area contributed by atoms with Crippen LogP contribution in [-0.2, 0) is 4.79 Å². The smallest absolute Gasteiger partial charge is 0.244 e. The van der Waals surface area contributed by atoms with Crippen molar-refractivity contribution in [3.63, 3.8) is 0 Å². The lowest BCUT2D eigenvalue weighted by Gasteiger charge is -2.38. The van der Waals surface area contributed by atoms with Gasteiger partial charge in [-0.15, -0.1) is 0 Å². The maximum Gasteiger partial charge on any atom is 0.244 e. The van der Waals surface area contributed by atoms with Gasteiger partial charge in [-0.2, -0.15) is 0 Å². The summed E-state index contributed by atoms with van der Waals surface area (Å²) >= 11 is 0. The summed E-state index contributed by atoms with van der Waals surface area (Å²) in [5.41, 5.74) is 1.58. The van der Waals surface area contributed by atoms with Crippen molar-refractivity contribution in [2.75, 3.05) is 0 Å².